The highest BCUT2D eigenvalue weighted by Gasteiger charge is 1.98. The first kappa shape index (κ1) is 11.6. The number of rotatable bonds is 7. The summed E-state index contributed by atoms with van der Waals surface area (Å²) in [7, 11) is 0. The van der Waals surface area contributed by atoms with Gasteiger partial charge in [0.1, 0.15) is 0 Å². The van der Waals surface area contributed by atoms with Gasteiger partial charge in [-0.05, 0) is 18.6 Å². The van der Waals surface area contributed by atoms with Gasteiger partial charge < -0.3 is 4.74 Å². The van der Waals surface area contributed by atoms with Crippen LogP contribution in [0.4, 0.5) is 0 Å². The monoisotopic (exact) mass is 196 g/mol. The van der Waals surface area contributed by atoms with E-state index in [1.165, 1.54) is 0 Å². The third-order valence-electron chi connectivity index (χ3n) is 1.24. The molecule has 1 atom stereocenters. The maximum Gasteiger partial charge on any atom is 0.0556 e. The van der Waals surface area contributed by atoms with Crippen LogP contribution in [0.1, 0.15) is 13.8 Å². The SMILES string of the molecule is CCOCCSCC(C)CCl. The molecule has 0 aromatic carbocycles. The van der Waals surface area contributed by atoms with Crippen LogP contribution in [0.15, 0.2) is 0 Å². The first-order valence-corrected chi connectivity index (χ1v) is 5.71. The second-order valence-electron chi connectivity index (χ2n) is 2.53. The van der Waals surface area contributed by atoms with Crippen LogP contribution in [0, 0.1) is 5.92 Å². The van der Waals surface area contributed by atoms with E-state index in [2.05, 4.69) is 6.92 Å². The molecule has 1 nitrogen and oxygen atoms in total. The van der Waals surface area contributed by atoms with Gasteiger partial charge in [-0.3, -0.25) is 0 Å². The van der Waals surface area contributed by atoms with Crippen LogP contribution in [0.2, 0.25) is 0 Å². The highest BCUT2D eigenvalue weighted by Crippen LogP contribution is 2.08. The molecule has 11 heavy (non-hydrogen) atoms. The molecule has 0 aliphatic heterocycles. The van der Waals surface area contributed by atoms with Crippen LogP contribution in [0.25, 0.3) is 0 Å². The van der Waals surface area contributed by atoms with Gasteiger partial charge in [-0.1, -0.05) is 6.92 Å². The maximum absolute atomic E-state index is 5.65. The molecule has 0 rings (SSSR count). The minimum Gasteiger partial charge on any atom is -0.381 e. The summed E-state index contributed by atoms with van der Waals surface area (Å²) in [4.78, 5) is 0. The molecule has 0 fully saturated rings. The minimum atomic E-state index is 0.628. The molecular weight excluding hydrogens is 180 g/mol. The van der Waals surface area contributed by atoms with Crippen LogP contribution in [0.5, 0.6) is 0 Å². The van der Waals surface area contributed by atoms with E-state index in [0.717, 1.165) is 30.6 Å². The van der Waals surface area contributed by atoms with E-state index in [-0.39, 0.29) is 0 Å². The lowest BCUT2D eigenvalue weighted by Gasteiger charge is -2.05. The molecule has 0 heterocycles. The Hall–Kier alpha value is 0.600. The predicted molar refractivity (Wildman–Crippen MR) is 53.7 cm³/mol. The van der Waals surface area contributed by atoms with Crippen molar-refractivity contribution >= 4 is 23.4 Å². The Morgan fingerprint density at radius 3 is 2.82 bits per heavy atom. The lowest BCUT2D eigenvalue weighted by Crippen LogP contribution is -2.02. The van der Waals surface area contributed by atoms with E-state index in [9.17, 15) is 0 Å². The lowest BCUT2D eigenvalue weighted by atomic mass is 10.3. The van der Waals surface area contributed by atoms with Crippen LogP contribution < -0.4 is 0 Å². The van der Waals surface area contributed by atoms with Gasteiger partial charge >= 0.3 is 0 Å². The highest BCUT2D eigenvalue weighted by atomic mass is 35.5. The molecule has 0 spiro atoms. The third-order valence-corrected chi connectivity index (χ3v) is 3.03. The molecule has 0 bridgehead atoms. The Labute approximate surface area is 78.8 Å². The fourth-order valence-corrected chi connectivity index (χ4v) is 1.75. The first-order valence-electron chi connectivity index (χ1n) is 4.02. The molecule has 1 unspecified atom stereocenters. The van der Waals surface area contributed by atoms with Crippen molar-refractivity contribution in [3.8, 4) is 0 Å². The average Bonchev–Trinajstić information content (AvgIpc) is 2.04. The maximum atomic E-state index is 5.65. The van der Waals surface area contributed by atoms with Crippen molar-refractivity contribution < 1.29 is 4.74 Å². The molecule has 0 amide bonds. The number of hydrogen-bond donors (Lipinski definition) is 0. The first-order chi connectivity index (χ1) is 5.31. The number of alkyl halides is 1. The molecule has 0 radical (unpaired) electrons. The minimum absolute atomic E-state index is 0.628. The summed E-state index contributed by atoms with van der Waals surface area (Å²) in [5.74, 6) is 3.64. The van der Waals surface area contributed by atoms with Gasteiger partial charge in [0.15, 0.2) is 0 Å². The third kappa shape index (κ3) is 8.51. The molecule has 3 heteroatoms. The predicted octanol–water partition coefficient (Wildman–Crippen LogP) is 2.63. The largest absolute Gasteiger partial charge is 0.381 e. The molecule has 0 saturated carbocycles. The average molecular weight is 197 g/mol. The van der Waals surface area contributed by atoms with Gasteiger partial charge in [0.05, 0.1) is 6.61 Å². The van der Waals surface area contributed by atoms with Gasteiger partial charge in [0.2, 0.25) is 0 Å². The van der Waals surface area contributed by atoms with Crippen molar-refractivity contribution in [1.82, 2.24) is 0 Å². The van der Waals surface area contributed by atoms with Crippen molar-refractivity contribution in [2.45, 2.75) is 13.8 Å². The molecule has 0 saturated heterocycles. The van der Waals surface area contributed by atoms with Crippen molar-refractivity contribution in [2.75, 3.05) is 30.6 Å². The Morgan fingerprint density at radius 2 is 2.27 bits per heavy atom. The van der Waals surface area contributed by atoms with E-state index >= 15 is 0 Å². The normalized spacial score (nSPS) is 13.4. The van der Waals surface area contributed by atoms with Gasteiger partial charge in [-0.2, -0.15) is 11.8 Å². The van der Waals surface area contributed by atoms with Crippen LogP contribution in [0.3, 0.4) is 0 Å². The second-order valence-corrected chi connectivity index (χ2v) is 3.99. The fourth-order valence-electron chi connectivity index (χ4n) is 0.591. The Kier molecular flexibility index (Phi) is 9.17. The summed E-state index contributed by atoms with van der Waals surface area (Å²) in [6.07, 6.45) is 0. The van der Waals surface area contributed by atoms with Crippen molar-refractivity contribution in [3.05, 3.63) is 0 Å². The summed E-state index contributed by atoms with van der Waals surface area (Å²) in [5, 5.41) is 0. The summed E-state index contributed by atoms with van der Waals surface area (Å²) in [6.45, 7) is 5.88. The standard InChI is InChI=1S/C8H17ClOS/c1-3-10-4-5-11-7-8(2)6-9/h8H,3-7H2,1-2H3. The Morgan fingerprint density at radius 1 is 1.55 bits per heavy atom. The zero-order valence-corrected chi connectivity index (χ0v) is 8.88. The molecular formula is C8H17ClOS. The molecule has 0 aliphatic carbocycles. The number of hydrogen-bond acceptors (Lipinski definition) is 2. The van der Waals surface area contributed by atoms with Crippen molar-refractivity contribution in [1.29, 1.82) is 0 Å². The Balaban J connectivity index is 2.89. The quantitative estimate of drug-likeness (QED) is 0.458. The molecule has 0 aliphatic rings. The summed E-state index contributed by atoms with van der Waals surface area (Å²) in [5.41, 5.74) is 0. The van der Waals surface area contributed by atoms with Gasteiger partial charge in [0.25, 0.3) is 0 Å². The van der Waals surface area contributed by atoms with E-state index in [1.54, 1.807) is 0 Å². The molecule has 0 N–H and O–H groups in total. The number of ether oxygens (including phenoxy) is 1. The van der Waals surface area contributed by atoms with Gasteiger partial charge in [0, 0.05) is 18.2 Å². The van der Waals surface area contributed by atoms with E-state index in [0.29, 0.717) is 5.92 Å². The van der Waals surface area contributed by atoms with Crippen molar-refractivity contribution in [3.63, 3.8) is 0 Å². The van der Waals surface area contributed by atoms with Crippen LogP contribution in [-0.2, 0) is 4.74 Å². The molecule has 0 aromatic rings. The Bertz CT molecular complexity index is 80.5. The zero-order valence-electron chi connectivity index (χ0n) is 7.31. The topological polar surface area (TPSA) is 9.23 Å². The van der Waals surface area contributed by atoms with Crippen LogP contribution in [-0.4, -0.2) is 30.6 Å². The second kappa shape index (κ2) is 8.69. The van der Waals surface area contributed by atoms with Gasteiger partial charge in [-0.15, -0.1) is 11.6 Å². The fraction of sp³-hybridized carbons (Fsp3) is 1.00. The summed E-state index contributed by atoms with van der Waals surface area (Å²) in [6, 6.07) is 0. The van der Waals surface area contributed by atoms with Gasteiger partial charge in [-0.25, -0.2) is 0 Å². The lowest BCUT2D eigenvalue weighted by molar-refractivity contribution is 0.164. The van der Waals surface area contributed by atoms with Crippen molar-refractivity contribution in [2.24, 2.45) is 5.92 Å². The summed E-state index contributed by atoms with van der Waals surface area (Å²) >= 11 is 7.56. The number of thioether (sulfide) groups is 1. The summed E-state index contributed by atoms with van der Waals surface area (Å²) < 4.78 is 5.20. The van der Waals surface area contributed by atoms with E-state index < -0.39 is 0 Å². The number of halogens is 1. The van der Waals surface area contributed by atoms with Crippen LogP contribution >= 0.6 is 23.4 Å². The molecule has 0 aromatic heterocycles. The zero-order chi connectivity index (χ0) is 8.53. The van der Waals surface area contributed by atoms with E-state index in [4.69, 9.17) is 16.3 Å². The highest BCUT2D eigenvalue weighted by molar-refractivity contribution is 7.99. The van der Waals surface area contributed by atoms with E-state index in [1.807, 2.05) is 18.7 Å². The molecule has 68 valence electrons. The smallest absolute Gasteiger partial charge is 0.0556 e.